The van der Waals surface area contributed by atoms with Gasteiger partial charge in [0.2, 0.25) is 17.7 Å². The van der Waals surface area contributed by atoms with Gasteiger partial charge in [0.05, 0.1) is 17.4 Å². The van der Waals surface area contributed by atoms with Crippen molar-refractivity contribution in [3.8, 4) is 0 Å². The molecule has 7 nitrogen and oxygen atoms in total. The number of sulfone groups is 1. The topological polar surface area (TPSA) is 109 Å². The average Bonchev–Trinajstić information content (AvgIpc) is 2.63. The van der Waals surface area contributed by atoms with Crippen molar-refractivity contribution in [3.05, 3.63) is 0 Å². The highest BCUT2D eigenvalue weighted by Crippen LogP contribution is 2.19. The van der Waals surface area contributed by atoms with Gasteiger partial charge in [0.25, 0.3) is 0 Å². The van der Waals surface area contributed by atoms with Crippen LogP contribution in [0.25, 0.3) is 0 Å². The van der Waals surface area contributed by atoms with Crippen LogP contribution in [0.4, 0.5) is 0 Å². The molecule has 0 spiro atoms. The molecule has 2 saturated heterocycles. The minimum absolute atomic E-state index is 0.0143. The van der Waals surface area contributed by atoms with Gasteiger partial charge in [-0.1, -0.05) is 0 Å². The maximum absolute atomic E-state index is 11.8. The average molecular weight is 274 g/mol. The fourth-order valence-electron chi connectivity index (χ4n) is 2.12. The summed E-state index contributed by atoms with van der Waals surface area (Å²) < 4.78 is 22.5. The van der Waals surface area contributed by atoms with Crippen molar-refractivity contribution >= 4 is 27.6 Å². The van der Waals surface area contributed by atoms with Gasteiger partial charge < -0.3 is 5.32 Å². The van der Waals surface area contributed by atoms with Crippen molar-refractivity contribution in [1.82, 2.24) is 10.6 Å². The lowest BCUT2D eigenvalue weighted by atomic mass is 10.0. The molecule has 2 atom stereocenters. The van der Waals surface area contributed by atoms with Crippen LogP contribution in [0.1, 0.15) is 19.3 Å². The van der Waals surface area contributed by atoms with E-state index in [9.17, 15) is 22.8 Å². The third-order valence-corrected chi connectivity index (χ3v) is 4.93. The van der Waals surface area contributed by atoms with E-state index in [4.69, 9.17) is 0 Å². The maximum atomic E-state index is 11.8. The first-order valence-corrected chi connectivity index (χ1v) is 7.54. The van der Waals surface area contributed by atoms with Gasteiger partial charge in [-0.05, 0) is 12.8 Å². The second-order valence-corrected chi connectivity index (χ2v) is 6.84. The predicted molar refractivity (Wildman–Crippen MR) is 61.1 cm³/mol. The fourth-order valence-corrected chi connectivity index (χ4v) is 3.86. The Morgan fingerprint density at radius 2 is 2.00 bits per heavy atom. The lowest BCUT2D eigenvalue weighted by molar-refractivity contribution is -0.137. The van der Waals surface area contributed by atoms with Gasteiger partial charge in [-0.3, -0.25) is 19.7 Å². The zero-order valence-electron chi connectivity index (χ0n) is 9.64. The van der Waals surface area contributed by atoms with Crippen LogP contribution in [0.5, 0.6) is 0 Å². The Hall–Kier alpha value is -1.44. The summed E-state index contributed by atoms with van der Waals surface area (Å²) in [5, 5.41) is 4.63. The third-order valence-electron chi connectivity index (χ3n) is 3.16. The molecule has 2 aliphatic heterocycles. The molecular weight excluding hydrogens is 260 g/mol. The third kappa shape index (κ3) is 2.87. The van der Waals surface area contributed by atoms with Crippen molar-refractivity contribution in [2.24, 2.45) is 5.92 Å². The van der Waals surface area contributed by atoms with E-state index in [0.717, 1.165) is 0 Å². The summed E-state index contributed by atoms with van der Waals surface area (Å²) in [6.45, 7) is 0. The van der Waals surface area contributed by atoms with Gasteiger partial charge in [0.15, 0.2) is 9.84 Å². The van der Waals surface area contributed by atoms with Crippen LogP contribution in [0, 0.1) is 5.92 Å². The molecule has 2 N–H and O–H groups in total. The highest BCUT2D eigenvalue weighted by Gasteiger charge is 2.35. The summed E-state index contributed by atoms with van der Waals surface area (Å²) in [5.41, 5.74) is 0. The lowest BCUT2D eigenvalue weighted by Gasteiger charge is -2.22. The molecule has 0 saturated carbocycles. The molecule has 2 aliphatic rings. The monoisotopic (exact) mass is 274 g/mol. The summed E-state index contributed by atoms with van der Waals surface area (Å²) >= 11 is 0. The predicted octanol–water partition coefficient (Wildman–Crippen LogP) is -1.66. The molecule has 2 heterocycles. The van der Waals surface area contributed by atoms with Crippen LogP contribution in [0.15, 0.2) is 0 Å². The number of hydrogen-bond acceptors (Lipinski definition) is 5. The number of imide groups is 1. The summed E-state index contributed by atoms with van der Waals surface area (Å²) in [5.74, 6) is -2.03. The fraction of sp³-hybridized carbons (Fsp3) is 0.700. The molecule has 18 heavy (non-hydrogen) atoms. The zero-order valence-corrected chi connectivity index (χ0v) is 10.5. The van der Waals surface area contributed by atoms with Crippen LogP contribution < -0.4 is 10.6 Å². The molecule has 0 bridgehead atoms. The van der Waals surface area contributed by atoms with Crippen LogP contribution in [-0.2, 0) is 24.2 Å². The van der Waals surface area contributed by atoms with E-state index in [1.807, 2.05) is 0 Å². The number of hydrogen-bond donors (Lipinski definition) is 2. The van der Waals surface area contributed by atoms with E-state index in [1.54, 1.807) is 0 Å². The second kappa shape index (κ2) is 4.68. The van der Waals surface area contributed by atoms with E-state index < -0.39 is 33.6 Å². The summed E-state index contributed by atoms with van der Waals surface area (Å²) in [7, 11) is -3.12. The summed E-state index contributed by atoms with van der Waals surface area (Å²) in [6, 6.07) is -0.737. The van der Waals surface area contributed by atoms with E-state index in [0.29, 0.717) is 6.42 Å². The van der Waals surface area contributed by atoms with Crippen LogP contribution in [-0.4, -0.2) is 43.7 Å². The Labute approximate surface area is 104 Å². The van der Waals surface area contributed by atoms with Gasteiger partial charge in [0.1, 0.15) is 6.04 Å². The molecule has 0 aliphatic carbocycles. The number of rotatable bonds is 2. The summed E-state index contributed by atoms with van der Waals surface area (Å²) in [4.78, 5) is 34.1. The number of piperidine rings is 1. The standard InChI is InChI=1S/C10H14N2O5S/c13-8-2-1-7(10(15)12-8)11-9(14)6-3-4-18(16,17)5-6/h6-7H,1-5H2,(H,11,14)(H,12,13,15). The van der Waals surface area contributed by atoms with Gasteiger partial charge in [-0.25, -0.2) is 8.42 Å². The Bertz CT molecular complexity index is 498. The minimum Gasteiger partial charge on any atom is -0.344 e. The molecular formula is C10H14N2O5S. The highest BCUT2D eigenvalue weighted by atomic mass is 32.2. The molecule has 0 radical (unpaired) electrons. The van der Waals surface area contributed by atoms with Crippen molar-refractivity contribution in [3.63, 3.8) is 0 Å². The van der Waals surface area contributed by atoms with Crippen molar-refractivity contribution in [1.29, 1.82) is 0 Å². The van der Waals surface area contributed by atoms with E-state index in [-0.39, 0.29) is 30.3 Å². The van der Waals surface area contributed by atoms with Gasteiger partial charge in [-0.2, -0.15) is 0 Å². The lowest BCUT2D eigenvalue weighted by Crippen LogP contribution is -2.53. The Balaban J connectivity index is 1.92. The Morgan fingerprint density at radius 3 is 2.56 bits per heavy atom. The Morgan fingerprint density at radius 1 is 1.28 bits per heavy atom. The molecule has 2 fully saturated rings. The molecule has 0 aromatic rings. The number of carbonyl (C=O) groups excluding carboxylic acids is 3. The van der Waals surface area contributed by atoms with E-state index in [2.05, 4.69) is 10.6 Å². The van der Waals surface area contributed by atoms with Crippen molar-refractivity contribution < 1.29 is 22.8 Å². The molecule has 8 heteroatoms. The van der Waals surface area contributed by atoms with E-state index >= 15 is 0 Å². The maximum Gasteiger partial charge on any atom is 0.249 e. The molecule has 3 amide bonds. The largest absolute Gasteiger partial charge is 0.344 e. The molecule has 2 rings (SSSR count). The normalized spacial score (nSPS) is 30.9. The molecule has 2 unspecified atom stereocenters. The first-order chi connectivity index (χ1) is 8.37. The van der Waals surface area contributed by atoms with Gasteiger partial charge in [-0.15, -0.1) is 0 Å². The van der Waals surface area contributed by atoms with Gasteiger partial charge in [0, 0.05) is 6.42 Å². The van der Waals surface area contributed by atoms with Crippen LogP contribution in [0.3, 0.4) is 0 Å². The first kappa shape index (κ1) is 13.0. The Kier molecular flexibility index (Phi) is 3.38. The van der Waals surface area contributed by atoms with Crippen molar-refractivity contribution in [2.75, 3.05) is 11.5 Å². The van der Waals surface area contributed by atoms with Crippen LogP contribution >= 0.6 is 0 Å². The van der Waals surface area contributed by atoms with E-state index in [1.165, 1.54) is 0 Å². The zero-order chi connectivity index (χ0) is 13.3. The molecule has 0 aromatic carbocycles. The second-order valence-electron chi connectivity index (χ2n) is 4.61. The first-order valence-electron chi connectivity index (χ1n) is 5.72. The quantitative estimate of drug-likeness (QED) is 0.586. The minimum atomic E-state index is -3.12. The summed E-state index contributed by atoms with van der Waals surface area (Å²) in [6.07, 6.45) is 0.733. The number of carbonyl (C=O) groups is 3. The number of amides is 3. The highest BCUT2D eigenvalue weighted by molar-refractivity contribution is 7.91. The van der Waals surface area contributed by atoms with Crippen molar-refractivity contribution in [2.45, 2.75) is 25.3 Å². The SMILES string of the molecule is O=C1CCC(NC(=O)C2CCS(=O)(=O)C2)C(=O)N1. The van der Waals surface area contributed by atoms with Crippen LogP contribution in [0.2, 0.25) is 0 Å². The molecule has 0 aromatic heterocycles. The van der Waals surface area contributed by atoms with Gasteiger partial charge >= 0.3 is 0 Å². The smallest absolute Gasteiger partial charge is 0.249 e. The number of nitrogens with one attached hydrogen (secondary N) is 2. The molecule has 100 valence electrons.